The molecule has 0 aromatic heterocycles. The molecule has 1 unspecified atom stereocenters. The molecule has 1 aliphatic rings. The smallest absolute Gasteiger partial charge is 0.368 e. The molecule has 0 spiro atoms. The van der Waals surface area contributed by atoms with Gasteiger partial charge in [-0.05, 0) is 62.8 Å². The van der Waals surface area contributed by atoms with E-state index in [1.165, 1.54) is 11.0 Å². The number of halogens is 3. The Morgan fingerprint density at radius 2 is 1.85 bits per heavy atom. The van der Waals surface area contributed by atoms with Gasteiger partial charge in [0.15, 0.2) is 0 Å². The summed E-state index contributed by atoms with van der Waals surface area (Å²) in [6, 6.07) is 11.5. The molecule has 1 heterocycles. The van der Waals surface area contributed by atoms with Crippen molar-refractivity contribution in [1.82, 2.24) is 9.80 Å². The number of hydrogen-bond acceptors (Lipinski definition) is 4. The van der Waals surface area contributed by atoms with E-state index in [1.807, 2.05) is 19.0 Å². The topological polar surface area (TPSA) is 61.9 Å². The molecule has 1 N–H and O–H groups in total. The molecule has 2 amide bonds. The fourth-order valence-corrected chi connectivity index (χ4v) is 3.56. The fraction of sp³-hybridized carbons (Fsp3) is 0.417. The zero-order valence-corrected chi connectivity index (χ0v) is 18.7. The fourth-order valence-electron chi connectivity index (χ4n) is 3.56. The third kappa shape index (κ3) is 7.03. The summed E-state index contributed by atoms with van der Waals surface area (Å²) in [6.45, 7) is 1.45. The van der Waals surface area contributed by atoms with Gasteiger partial charge in [-0.15, -0.1) is 0 Å². The summed E-state index contributed by atoms with van der Waals surface area (Å²) in [4.78, 5) is 29.0. The Kier molecular flexibility index (Phi) is 8.10. The number of benzene rings is 2. The van der Waals surface area contributed by atoms with E-state index in [-0.39, 0.29) is 18.4 Å². The third-order valence-electron chi connectivity index (χ3n) is 5.33. The lowest BCUT2D eigenvalue weighted by atomic mass is 10.1. The van der Waals surface area contributed by atoms with Gasteiger partial charge in [-0.2, -0.15) is 13.2 Å². The average Bonchev–Trinajstić information content (AvgIpc) is 3.31. The predicted molar refractivity (Wildman–Crippen MR) is 119 cm³/mol. The summed E-state index contributed by atoms with van der Waals surface area (Å²) in [5, 5.41) is 2.77. The molecule has 178 valence electrons. The van der Waals surface area contributed by atoms with Gasteiger partial charge in [-0.25, -0.2) is 0 Å². The molecule has 9 heteroatoms. The van der Waals surface area contributed by atoms with Gasteiger partial charge in [0, 0.05) is 37.5 Å². The minimum Gasteiger partial charge on any atom is -0.368 e. The van der Waals surface area contributed by atoms with E-state index < -0.39 is 17.8 Å². The van der Waals surface area contributed by atoms with Crippen LogP contribution in [-0.4, -0.2) is 61.5 Å². The molecule has 0 bridgehead atoms. The summed E-state index contributed by atoms with van der Waals surface area (Å²) in [5.41, 5.74) is 0.442. The van der Waals surface area contributed by atoms with Gasteiger partial charge in [0.2, 0.25) is 0 Å². The van der Waals surface area contributed by atoms with Crippen molar-refractivity contribution in [3.05, 3.63) is 65.2 Å². The van der Waals surface area contributed by atoms with Gasteiger partial charge < -0.3 is 19.9 Å². The SMILES string of the molecule is CN(C)CCN(Cc1cccc(C(F)(F)F)c1)C(=O)c1cccc(NC(=O)C2CCCO2)c1. The van der Waals surface area contributed by atoms with Crippen LogP contribution in [0, 0.1) is 0 Å². The Labute approximate surface area is 191 Å². The zero-order chi connectivity index (χ0) is 24.0. The van der Waals surface area contributed by atoms with Gasteiger partial charge in [-0.1, -0.05) is 18.2 Å². The van der Waals surface area contributed by atoms with E-state index in [9.17, 15) is 22.8 Å². The molecule has 0 saturated carbocycles. The normalized spacial score (nSPS) is 16.1. The zero-order valence-electron chi connectivity index (χ0n) is 18.7. The van der Waals surface area contributed by atoms with Gasteiger partial charge >= 0.3 is 6.18 Å². The van der Waals surface area contributed by atoms with E-state index >= 15 is 0 Å². The van der Waals surface area contributed by atoms with Crippen molar-refractivity contribution in [3.8, 4) is 0 Å². The maximum atomic E-state index is 13.3. The molecular weight excluding hydrogens is 435 g/mol. The average molecular weight is 464 g/mol. The second-order valence-electron chi connectivity index (χ2n) is 8.30. The summed E-state index contributed by atoms with van der Waals surface area (Å²) in [7, 11) is 3.71. The molecule has 3 rings (SSSR count). The second-order valence-corrected chi connectivity index (χ2v) is 8.30. The van der Waals surface area contributed by atoms with Crippen molar-refractivity contribution >= 4 is 17.5 Å². The quantitative estimate of drug-likeness (QED) is 0.642. The molecular formula is C24H28F3N3O3. The molecule has 0 aliphatic carbocycles. The molecule has 1 fully saturated rings. The number of nitrogens with one attached hydrogen (secondary N) is 1. The second kappa shape index (κ2) is 10.8. The van der Waals surface area contributed by atoms with E-state index in [0.717, 1.165) is 18.6 Å². The highest BCUT2D eigenvalue weighted by molar-refractivity contribution is 5.98. The molecule has 2 aromatic rings. The van der Waals surface area contributed by atoms with Crippen LogP contribution in [-0.2, 0) is 22.3 Å². The monoisotopic (exact) mass is 463 g/mol. The summed E-state index contributed by atoms with van der Waals surface area (Å²) >= 11 is 0. The van der Waals surface area contributed by atoms with Gasteiger partial charge in [0.25, 0.3) is 11.8 Å². The first-order valence-corrected chi connectivity index (χ1v) is 10.8. The number of hydrogen-bond donors (Lipinski definition) is 1. The maximum absolute atomic E-state index is 13.3. The number of alkyl halides is 3. The number of amides is 2. The van der Waals surface area contributed by atoms with Crippen LogP contribution in [0.15, 0.2) is 48.5 Å². The minimum atomic E-state index is -4.45. The molecule has 2 aromatic carbocycles. The highest BCUT2D eigenvalue weighted by Crippen LogP contribution is 2.30. The molecule has 33 heavy (non-hydrogen) atoms. The first-order valence-electron chi connectivity index (χ1n) is 10.8. The Hall–Kier alpha value is -2.91. The Bertz CT molecular complexity index is 973. The van der Waals surface area contributed by atoms with Gasteiger partial charge in [-0.3, -0.25) is 9.59 Å². The van der Waals surface area contributed by atoms with Crippen LogP contribution in [0.5, 0.6) is 0 Å². The summed E-state index contributed by atoms with van der Waals surface area (Å²) < 4.78 is 44.7. The number of rotatable bonds is 8. The van der Waals surface area contributed by atoms with Crippen LogP contribution in [0.25, 0.3) is 0 Å². The lowest BCUT2D eigenvalue weighted by Crippen LogP contribution is -2.36. The first kappa shape index (κ1) is 24.7. The molecule has 6 nitrogen and oxygen atoms in total. The first-order chi connectivity index (χ1) is 15.6. The van der Waals surface area contributed by atoms with Crippen LogP contribution in [0.3, 0.4) is 0 Å². The Morgan fingerprint density at radius 3 is 2.52 bits per heavy atom. The Morgan fingerprint density at radius 1 is 1.09 bits per heavy atom. The molecule has 1 atom stereocenters. The number of anilines is 1. The van der Waals surface area contributed by atoms with E-state index in [4.69, 9.17) is 4.74 Å². The van der Waals surface area contributed by atoms with E-state index in [0.29, 0.717) is 42.9 Å². The molecule has 1 aliphatic heterocycles. The standard InChI is InChI=1S/C24H28F3N3O3/c1-29(2)11-12-30(16-17-6-3-8-19(14-17)24(25,26)27)23(32)18-7-4-9-20(15-18)28-22(31)21-10-5-13-33-21/h3-4,6-9,14-15,21H,5,10-13,16H2,1-2H3,(H,28,31). The number of carbonyl (C=O) groups excluding carboxylic acids is 2. The van der Waals surface area contributed by atoms with Crippen molar-refractivity contribution in [2.45, 2.75) is 31.7 Å². The van der Waals surface area contributed by atoms with Crippen LogP contribution in [0.2, 0.25) is 0 Å². The Balaban J connectivity index is 1.78. The number of nitrogens with zero attached hydrogens (tertiary/aromatic N) is 2. The van der Waals surface area contributed by atoms with Crippen molar-refractivity contribution in [2.24, 2.45) is 0 Å². The predicted octanol–water partition coefficient (Wildman–Crippen LogP) is 4.03. The van der Waals surface area contributed by atoms with Crippen LogP contribution in [0.1, 0.15) is 34.3 Å². The highest BCUT2D eigenvalue weighted by Gasteiger charge is 2.30. The number of likely N-dealkylation sites (N-methyl/N-ethyl adjacent to an activating group) is 1. The van der Waals surface area contributed by atoms with Gasteiger partial charge in [0.1, 0.15) is 6.10 Å². The largest absolute Gasteiger partial charge is 0.416 e. The summed E-state index contributed by atoms with van der Waals surface area (Å²) in [6.07, 6.45) is -3.47. The minimum absolute atomic E-state index is 0.0308. The number of carbonyl (C=O) groups is 2. The molecule has 1 saturated heterocycles. The third-order valence-corrected chi connectivity index (χ3v) is 5.33. The lowest BCUT2D eigenvalue weighted by molar-refractivity contribution is -0.137. The van der Waals surface area contributed by atoms with Crippen LogP contribution < -0.4 is 5.32 Å². The molecule has 0 radical (unpaired) electrons. The van der Waals surface area contributed by atoms with E-state index in [1.54, 1.807) is 30.3 Å². The van der Waals surface area contributed by atoms with Crippen molar-refractivity contribution < 1.29 is 27.5 Å². The summed E-state index contributed by atoms with van der Waals surface area (Å²) in [5.74, 6) is -0.590. The highest BCUT2D eigenvalue weighted by atomic mass is 19.4. The van der Waals surface area contributed by atoms with Crippen LogP contribution >= 0.6 is 0 Å². The number of ether oxygens (including phenoxy) is 1. The van der Waals surface area contributed by atoms with Crippen molar-refractivity contribution in [3.63, 3.8) is 0 Å². The van der Waals surface area contributed by atoms with Gasteiger partial charge in [0.05, 0.1) is 5.56 Å². The lowest BCUT2D eigenvalue weighted by Gasteiger charge is -2.25. The van der Waals surface area contributed by atoms with E-state index in [2.05, 4.69) is 5.32 Å². The van der Waals surface area contributed by atoms with Crippen molar-refractivity contribution in [2.75, 3.05) is 39.1 Å². The van der Waals surface area contributed by atoms with Crippen molar-refractivity contribution in [1.29, 1.82) is 0 Å². The van der Waals surface area contributed by atoms with Crippen LogP contribution in [0.4, 0.5) is 18.9 Å². The maximum Gasteiger partial charge on any atom is 0.416 e.